The number of hydrogen-bond acceptors (Lipinski definition) is 3. The molecule has 0 amide bonds. The number of nitrogens with zero attached hydrogens (tertiary/aromatic N) is 1. The molecule has 1 aromatic carbocycles. The van der Waals surface area contributed by atoms with Crippen LogP contribution in [-0.4, -0.2) is 13.1 Å². The molecule has 0 aliphatic heterocycles. The van der Waals surface area contributed by atoms with Gasteiger partial charge in [-0.2, -0.15) is 18.4 Å². The summed E-state index contributed by atoms with van der Waals surface area (Å²) in [5.74, 6) is -1.41. The van der Waals surface area contributed by atoms with E-state index in [1.54, 1.807) is 0 Å². The van der Waals surface area contributed by atoms with Gasteiger partial charge in [0.1, 0.15) is 6.07 Å². The second-order valence-corrected chi connectivity index (χ2v) is 3.52. The first kappa shape index (κ1) is 14.3. The van der Waals surface area contributed by atoms with E-state index in [-0.39, 0.29) is 5.56 Å². The molecule has 0 bridgehead atoms. The Morgan fingerprint density at radius 2 is 2.11 bits per heavy atom. The number of hydrogen-bond donors (Lipinski definition) is 0. The van der Waals surface area contributed by atoms with E-state index in [0.29, 0.717) is 0 Å². The van der Waals surface area contributed by atoms with Gasteiger partial charge in [0.05, 0.1) is 23.8 Å². The number of alkyl halides is 4. The molecule has 1 rings (SSSR count). The molecule has 7 heteroatoms. The summed E-state index contributed by atoms with van der Waals surface area (Å²) in [5.41, 5.74) is -2.65. The van der Waals surface area contributed by atoms with Gasteiger partial charge in [-0.15, -0.1) is 11.6 Å². The maximum absolute atomic E-state index is 12.9. The van der Waals surface area contributed by atoms with Crippen molar-refractivity contribution in [1.29, 1.82) is 5.26 Å². The van der Waals surface area contributed by atoms with Crippen LogP contribution in [0.2, 0.25) is 0 Å². The van der Waals surface area contributed by atoms with Gasteiger partial charge in [0.25, 0.3) is 0 Å². The highest BCUT2D eigenvalue weighted by molar-refractivity contribution is 6.17. The van der Waals surface area contributed by atoms with Crippen LogP contribution in [0.15, 0.2) is 12.1 Å². The minimum atomic E-state index is -4.76. The normalized spacial score (nSPS) is 10.9. The minimum absolute atomic E-state index is 0.256. The van der Waals surface area contributed by atoms with Gasteiger partial charge in [0.2, 0.25) is 0 Å². The van der Waals surface area contributed by atoms with Crippen molar-refractivity contribution in [1.82, 2.24) is 0 Å². The summed E-state index contributed by atoms with van der Waals surface area (Å²) in [6.45, 7) is 0. The van der Waals surface area contributed by atoms with E-state index in [0.717, 1.165) is 19.2 Å². The van der Waals surface area contributed by atoms with Gasteiger partial charge in [-0.3, -0.25) is 0 Å². The molecule has 3 nitrogen and oxygen atoms in total. The summed E-state index contributed by atoms with van der Waals surface area (Å²) in [6.07, 6.45) is -4.76. The van der Waals surface area contributed by atoms with Gasteiger partial charge in [-0.25, -0.2) is 4.79 Å². The largest absolute Gasteiger partial charge is 0.465 e. The molecular formula is C11H7ClF3NO2. The molecule has 18 heavy (non-hydrogen) atoms. The summed E-state index contributed by atoms with van der Waals surface area (Å²) in [5, 5.41) is 8.83. The van der Waals surface area contributed by atoms with Gasteiger partial charge in [0, 0.05) is 5.88 Å². The lowest BCUT2D eigenvalue weighted by atomic mass is 9.97. The van der Waals surface area contributed by atoms with Crippen molar-refractivity contribution in [2.75, 3.05) is 7.11 Å². The van der Waals surface area contributed by atoms with Crippen LogP contribution in [-0.2, 0) is 16.8 Å². The lowest BCUT2D eigenvalue weighted by Gasteiger charge is -2.15. The van der Waals surface area contributed by atoms with Gasteiger partial charge < -0.3 is 4.74 Å². The van der Waals surface area contributed by atoms with Crippen LogP contribution < -0.4 is 0 Å². The van der Waals surface area contributed by atoms with E-state index in [2.05, 4.69) is 4.74 Å². The minimum Gasteiger partial charge on any atom is -0.465 e. The molecule has 0 aromatic heterocycles. The molecule has 0 spiro atoms. The molecule has 0 atom stereocenters. The number of halogens is 4. The number of rotatable bonds is 2. The third-order valence-electron chi connectivity index (χ3n) is 2.24. The van der Waals surface area contributed by atoms with E-state index in [1.807, 2.05) is 0 Å². The van der Waals surface area contributed by atoms with Crippen LogP contribution in [0, 0.1) is 11.3 Å². The molecule has 0 aliphatic rings. The smallest absolute Gasteiger partial charge is 0.418 e. The van der Waals surface area contributed by atoms with E-state index in [4.69, 9.17) is 16.9 Å². The van der Waals surface area contributed by atoms with E-state index in [9.17, 15) is 18.0 Å². The summed E-state index contributed by atoms with van der Waals surface area (Å²) >= 11 is 5.41. The van der Waals surface area contributed by atoms with Crippen molar-refractivity contribution < 1.29 is 22.7 Å². The Morgan fingerprint density at radius 1 is 1.50 bits per heavy atom. The number of methoxy groups -OCH3 is 1. The first-order valence-electron chi connectivity index (χ1n) is 4.64. The Hall–Kier alpha value is -1.74. The average Bonchev–Trinajstić information content (AvgIpc) is 2.34. The van der Waals surface area contributed by atoms with Crippen LogP contribution in [0.25, 0.3) is 0 Å². The van der Waals surface area contributed by atoms with Crippen LogP contribution in [0.3, 0.4) is 0 Å². The molecular weight excluding hydrogens is 271 g/mol. The Bertz CT molecular complexity index is 520. The lowest BCUT2D eigenvalue weighted by Crippen LogP contribution is -2.15. The predicted molar refractivity (Wildman–Crippen MR) is 57.1 cm³/mol. The number of ether oxygens (including phenoxy) is 1. The van der Waals surface area contributed by atoms with Gasteiger partial charge in [0.15, 0.2) is 0 Å². The van der Waals surface area contributed by atoms with Gasteiger partial charge >= 0.3 is 12.1 Å². The first-order chi connectivity index (χ1) is 8.36. The van der Waals surface area contributed by atoms with Crippen LogP contribution in [0.4, 0.5) is 13.2 Å². The summed E-state index contributed by atoms with van der Waals surface area (Å²) in [6, 6.07) is 3.53. The Kier molecular flexibility index (Phi) is 4.19. The van der Waals surface area contributed by atoms with Crippen molar-refractivity contribution in [2.45, 2.75) is 12.1 Å². The van der Waals surface area contributed by atoms with E-state index < -0.39 is 34.7 Å². The standard InChI is InChI=1S/C11H7ClF3NO2/c1-18-10(17)7-3-2-6(4-12)9(8(7)5-16)11(13,14)15/h2-3H,4H2,1H3. The van der Waals surface area contributed by atoms with Gasteiger partial charge in [-0.1, -0.05) is 6.07 Å². The van der Waals surface area contributed by atoms with E-state index in [1.165, 1.54) is 6.07 Å². The highest BCUT2D eigenvalue weighted by Gasteiger charge is 2.38. The molecule has 0 saturated carbocycles. The maximum atomic E-state index is 12.9. The van der Waals surface area contributed by atoms with Crippen molar-refractivity contribution in [3.05, 3.63) is 34.4 Å². The highest BCUT2D eigenvalue weighted by atomic mass is 35.5. The highest BCUT2D eigenvalue weighted by Crippen LogP contribution is 2.36. The molecule has 0 radical (unpaired) electrons. The molecule has 0 aliphatic carbocycles. The summed E-state index contributed by atoms with van der Waals surface area (Å²) in [7, 11) is 1.02. The van der Waals surface area contributed by atoms with Crippen molar-refractivity contribution in [2.24, 2.45) is 0 Å². The molecule has 96 valence electrons. The number of nitriles is 1. The molecule has 0 N–H and O–H groups in total. The third-order valence-corrected chi connectivity index (χ3v) is 2.52. The first-order valence-corrected chi connectivity index (χ1v) is 5.17. The topological polar surface area (TPSA) is 50.1 Å². The van der Waals surface area contributed by atoms with Crippen molar-refractivity contribution in [3.8, 4) is 6.07 Å². The maximum Gasteiger partial charge on any atom is 0.418 e. The van der Waals surface area contributed by atoms with Crippen molar-refractivity contribution in [3.63, 3.8) is 0 Å². The zero-order chi connectivity index (χ0) is 13.9. The Balaban J connectivity index is 3.65. The summed E-state index contributed by atoms with van der Waals surface area (Å²) < 4.78 is 42.9. The van der Waals surface area contributed by atoms with E-state index >= 15 is 0 Å². The quantitative estimate of drug-likeness (QED) is 0.616. The molecule has 0 unspecified atom stereocenters. The Labute approximate surface area is 106 Å². The second kappa shape index (κ2) is 5.27. The van der Waals surface area contributed by atoms with Crippen molar-refractivity contribution >= 4 is 17.6 Å². The third kappa shape index (κ3) is 2.57. The fourth-order valence-corrected chi connectivity index (χ4v) is 1.70. The predicted octanol–water partition coefficient (Wildman–Crippen LogP) is 3.10. The number of esters is 1. The zero-order valence-electron chi connectivity index (χ0n) is 9.14. The van der Waals surface area contributed by atoms with Crippen LogP contribution in [0.5, 0.6) is 0 Å². The number of carbonyl (C=O) groups is 1. The Morgan fingerprint density at radius 3 is 2.50 bits per heavy atom. The SMILES string of the molecule is COC(=O)c1ccc(CCl)c(C(F)(F)F)c1C#N. The second-order valence-electron chi connectivity index (χ2n) is 3.26. The summed E-state index contributed by atoms with van der Waals surface area (Å²) in [4.78, 5) is 11.3. The monoisotopic (exact) mass is 277 g/mol. The fraction of sp³-hybridized carbons (Fsp3) is 0.273. The average molecular weight is 278 g/mol. The molecule has 0 heterocycles. The van der Waals surface area contributed by atoms with Crippen LogP contribution >= 0.6 is 11.6 Å². The number of benzene rings is 1. The van der Waals surface area contributed by atoms with Crippen LogP contribution in [0.1, 0.15) is 27.0 Å². The van der Waals surface area contributed by atoms with Gasteiger partial charge in [-0.05, 0) is 11.6 Å². The lowest BCUT2D eigenvalue weighted by molar-refractivity contribution is -0.138. The molecule has 0 fully saturated rings. The molecule has 1 aromatic rings. The number of carbonyl (C=O) groups excluding carboxylic acids is 1. The molecule has 0 saturated heterocycles. The zero-order valence-corrected chi connectivity index (χ0v) is 9.89. The fourth-order valence-electron chi connectivity index (χ4n) is 1.48.